The smallest absolute Gasteiger partial charge is 0.332 e. The molecule has 1 aliphatic heterocycles. The van der Waals surface area contributed by atoms with E-state index in [0.717, 1.165) is 38.0 Å². The number of piperidine rings is 1. The zero-order valence-electron chi connectivity index (χ0n) is 12.5. The largest absolute Gasteiger partial charge is 0.342 e. The summed E-state index contributed by atoms with van der Waals surface area (Å²) >= 11 is 0. The Balaban J connectivity index is 0.000000861. The highest BCUT2D eigenvalue weighted by molar-refractivity contribution is 5.76. The van der Waals surface area contributed by atoms with Crippen LogP contribution >= 0.6 is 0 Å². The Morgan fingerprint density at radius 2 is 2.26 bits per heavy atom. The molecule has 0 aromatic carbocycles. The maximum Gasteiger partial charge on any atom is 0.342 e. The molecule has 1 unspecified atom stereocenters. The average Bonchev–Trinajstić information content (AvgIpc) is 2.88. The van der Waals surface area contributed by atoms with Gasteiger partial charge in [0.15, 0.2) is 0 Å². The number of carbonyl (C=O) groups excluding carboxylic acids is 1. The molecule has 1 N–H and O–H groups in total. The highest BCUT2D eigenvalue weighted by Gasteiger charge is 2.20. The molecule has 0 spiro atoms. The quantitative estimate of drug-likeness (QED) is 0.893. The van der Waals surface area contributed by atoms with Crippen LogP contribution in [0.3, 0.4) is 0 Å². The van der Waals surface area contributed by atoms with Crippen LogP contribution < -0.4 is 5.32 Å². The van der Waals surface area contributed by atoms with Gasteiger partial charge in [-0.1, -0.05) is 20.8 Å². The summed E-state index contributed by atoms with van der Waals surface area (Å²) in [6.45, 7) is 11.2. The van der Waals surface area contributed by atoms with Crippen molar-refractivity contribution in [3.05, 3.63) is 18.0 Å². The van der Waals surface area contributed by atoms with E-state index < -0.39 is 0 Å². The van der Waals surface area contributed by atoms with Crippen LogP contribution in [0.4, 0.5) is 4.79 Å². The van der Waals surface area contributed by atoms with Gasteiger partial charge in [0.2, 0.25) is 0 Å². The molecule has 1 aromatic heterocycles. The van der Waals surface area contributed by atoms with Gasteiger partial charge in [0, 0.05) is 18.8 Å². The fourth-order valence-electron chi connectivity index (χ4n) is 2.23. The number of likely N-dealkylation sites (N-methyl/N-ethyl adjacent to an activating group) is 1. The van der Waals surface area contributed by atoms with Crippen molar-refractivity contribution in [3.8, 4) is 0 Å². The van der Waals surface area contributed by atoms with Crippen molar-refractivity contribution in [2.24, 2.45) is 0 Å². The van der Waals surface area contributed by atoms with Gasteiger partial charge in [-0.2, -0.15) is 9.78 Å². The molecule has 1 fully saturated rings. The van der Waals surface area contributed by atoms with E-state index in [2.05, 4.69) is 22.2 Å². The van der Waals surface area contributed by atoms with Crippen LogP contribution in [0.2, 0.25) is 0 Å². The highest BCUT2D eigenvalue weighted by atomic mass is 16.2. The van der Waals surface area contributed by atoms with Crippen molar-refractivity contribution in [2.75, 3.05) is 19.6 Å². The number of aryl methyl sites for hydroxylation is 1. The van der Waals surface area contributed by atoms with Crippen molar-refractivity contribution >= 4 is 6.03 Å². The Morgan fingerprint density at radius 3 is 2.84 bits per heavy atom. The van der Waals surface area contributed by atoms with Gasteiger partial charge < -0.3 is 10.2 Å². The standard InChI is InChI=1S/C12H20N4O.C2H6/c1-3-15-6-4-5-11(9-15)14-12(17)16-8-10(2)7-13-16;1-2/h7-8,11H,3-6,9H2,1-2H3,(H,14,17);1-2H3. The normalized spacial score (nSPS) is 19.5. The van der Waals surface area contributed by atoms with E-state index >= 15 is 0 Å². The molecule has 5 heteroatoms. The van der Waals surface area contributed by atoms with Crippen LogP contribution in [0.5, 0.6) is 0 Å². The lowest BCUT2D eigenvalue weighted by Gasteiger charge is -2.32. The van der Waals surface area contributed by atoms with E-state index in [1.54, 1.807) is 12.4 Å². The number of amides is 1. The topological polar surface area (TPSA) is 50.2 Å². The first-order valence-electron chi connectivity index (χ1n) is 7.23. The third-order valence-corrected chi connectivity index (χ3v) is 3.20. The molecule has 1 aliphatic rings. The van der Waals surface area contributed by atoms with E-state index in [4.69, 9.17) is 0 Å². The van der Waals surface area contributed by atoms with Crippen LogP contribution in [0, 0.1) is 6.92 Å². The molecule has 1 saturated heterocycles. The number of hydrogen-bond donors (Lipinski definition) is 1. The number of aromatic nitrogens is 2. The zero-order valence-corrected chi connectivity index (χ0v) is 12.5. The monoisotopic (exact) mass is 266 g/mol. The highest BCUT2D eigenvalue weighted by Crippen LogP contribution is 2.09. The second-order valence-electron chi connectivity index (χ2n) is 4.64. The zero-order chi connectivity index (χ0) is 14.3. The lowest BCUT2D eigenvalue weighted by molar-refractivity contribution is 0.192. The minimum absolute atomic E-state index is 0.124. The Bertz CT molecular complexity index is 389. The summed E-state index contributed by atoms with van der Waals surface area (Å²) in [5.41, 5.74) is 0.999. The fourth-order valence-corrected chi connectivity index (χ4v) is 2.23. The summed E-state index contributed by atoms with van der Waals surface area (Å²) in [4.78, 5) is 14.3. The van der Waals surface area contributed by atoms with E-state index in [1.165, 1.54) is 4.68 Å². The molecule has 2 rings (SSSR count). The molecule has 0 saturated carbocycles. The average molecular weight is 266 g/mol. The summed E-state index contributed by atoms with van der Waals surface area (Å²) < 4.78 is 1.38. The van der Waals surface area contributed by atoms with Crippen molar-refractivity contribution < 1.29 is 4.79 Å². The van der Waals surface area contributed by atoms with Gasteiger partial charge in [-0.3, -0.25) is 0 Å². The second kappa shape index (κ2) is 7.94. The van der Waals surface area contributed by atoms with Crippen LogP contribution in [-0.4, -0.2) is 46.4 Å². The Kier molecular flexibility index (Phi) is 6.56. The third-order valence-electron chi connectivity index (χ3n) is 3.20. The number of likely N-dealkylation sites (tertiary alicyclic amines) is 1. The minimum Gasteiger partial charge on any atom is -0.332 e. The van der Waals surface area contributed by atoms with Gasteiger partial charge in [-0.05, 0) is 38.4 Å². The first kappa shape index (κ1) is 15.7. The van der Waals surface area contributed by atoms with Crippen LogP contribution in [0.1, 0.15) is 39.2 Å². The molecule has 19 heavy (non-hydrogen) atoms. The molecule has 0 radical (unpaired) electrons. The van der Waals surface area contributed by atoms with Gasteiger partial charge in [0.1, 0.15) is 0 Å². The van der Waals surface area contributed by atoms with Crippen molar-refractivity contribution in [2.45, 2.75) is 46.6 Å². The summed E-state index contributed by atoms with van der Waals surface area (Å²) in [5, 5.41) is 7.04. The van der Waals surface area contributed by atoms with Gasteiger partial charge in [-0.25, -0.2) is 4.79 Å². The molecular weight excluding hydrogens is 240 g/mol. The Morgan fingerprint density at radius 1 is 1.53 bits per heavy atom. The van der Waals surface area contributed by atoms with E-state index in [9.17, 15) is 4.79 Å². The van der Waals surface area contributed by atoms with E-state index in [0.29, 0.717) is 0 Å². The van der Waals surface area contributed by atoms with Crippen LogP contribution in [0.25, 0.3) is 0 Å². The van der Waals surface area contributed by atoms with Crippen molar-refractivity contribution in [3.63, 3.8) is 0 Å². The lowest BCUT2D eigenvalue weighted by atomic mass is 10.1. The molecule has 108 valence electrons. The Labute approximate surface area is 116 Å². The van der Waals surface area contributed by atoms with Gasteiger partial charge >= 0.3 is 6.03 Å². The number of hydrogen-bond acceptors (Lipinski definition) is 3. The van der Waals surface area contributed by atoms with E-state index in [1.807, 2.05) is 20.8 Å². The van der Waals surface area contributed by atoms with Crippen LogP contribution in [0.15, 0.2) is 12.4 Å². The first-order valence-corrected chi connectivity index (χ1v) is 7.23. The minimum atomic E-state index is -0.124. The van der Waals surface area contributed by atoms with Gasteiger partial charge in [0.05, 0.1) is 6.20 Å². The predicted molar refractivity (Wildman–Crippen MR) is 77.4 cm³/mol. The maximum absolute atomic E-state index is 11.9. The molecule has 5 nitrogen and oxygen atoms in total. The number of rotatable bonds is 2. The predicted octanol–water partition coefficient (Wildman–Crippen LogP) is 2.26. The summed E-state index contributed by atoms with van der Waals surface area (Å²) in [6.07, 6.45) is 5.65. The first-order chi connectivity index (χ1) is 9.19. The number of carbonyl (C=O) groups is 1. The van der Waals surface area contributed by atoms with Gasteiger partial charge in [-0.15, -0.1) is 0 Å². The summed E-state index contributed by atoms with van der Waals surface area (Å²) in [5.74, 6) is 0. The summed E-state index contributed by atoms with van der Waals surface area (Å²) in [7, 11) is 0. The number of nitrogens with one attached hydrogen (secondary N) is 1. The maximum atomic E-state index is 11.9. The molecule has 0 bridgehead atoms. The molecular formula is C14H26N4O. The van der Waals surface area contributed by atoms with Gasteiger partial charge in [0.25, 0.3) is 0 Å². The molecule has 1 amide bonds. The SMILES string of the molecule is CC.CCN1CCCC(NC(=O)n2cc(C)cn2)C1. The van der Waals surface area contributed by atoms with Crippen molar-refractivity contribution in [1.29, 1.82) is 0 Å². The van der Waals surface area contributed by atoms with Crippen molar-refractivity contribution in [1.82, 2.24) is 20.0 Å². The summed E-state index contributed by atoms with van der Waals surface area (Å²) in [6, 6.07) is 0.127. The molecule has 2 heterocycles. The molecule has 0 aliphatic carbocycles. The number of nitrogens with zero attached hydrogens (tertiary/aromatic N) is 3. The molecule has 1 aromatic rings. The van der Waals surface area contributed by atoms with Crippen LogP contribution in [-0.2, 0) is 0 Å². The lowest BCUT2D eigenvalue weighted by Crippen LogP contribution is -2.48. The van der Waals surface area contributed by atoms with E-state index in [-0.39, 0.29) is 12.1 Å². The molecule has 1 atom stereocenters. The Hall–Kier alpha value is -1.36. The third kappa shape index (κ3) is 4.67. The fraction of sp³-hybridized carbons (Fsp3) is 0.714. The second-order valence-corrected chi connectivity index (χ2v) is 4.64.